The van der Waals surface area contributed by atoms with Crippen LogP contribution in [0.4, 0.5) is 0 Å². The van der Waals surface area contributed by atoms with Crippen LogP contribution in [0.1, 0.15) is 5.56 Å². The number of hydrogen-bond acceptors (Lipinski definition) is 4. The number of benzene rings is 2. The van der Waals surface area contributed by atoms with E-state index in [1.165, 1.54) is 0 Å². The van der Waals surface area contributed by atoms with Crippen molar-refractivity contribution in [2.45, 2.75) is 0 Å². The topological polar surface area (TPSA) is 59.9 Å². The van der Waals surface area contributed by atoms with Gasteiger partial charge >= 0.3 is 0 Å². The third-order valence-electron chi connectivity index (χ3n) is 2.68. The number of hydrogen-bond donors (Lipinski definition) is 1. The molecule has 6 heteroatoms. The highest BCUT2D eigenvalue weighted by molar-refractivity contribution is 9.10. The zero-order valence-corrected chi connectivity index (χ0v) is 13.5. The number of hydrazone groups is 1. The number of carbonyl (C=O) groups is 1. The van der Waals surface area contributed by atoms with Gasteiger partial charge in [-0.3, -0.25) is 4.79 Å². The molecule has 0 unspecified atom stereocenters. The van der Waals surface area contributed by atoms with Crippen molar-refractivity contribution >= 4 is 28.1 Å². The second-order valence-electron chi connectivity index (χ2n) is 4.31. The standard InChI is InChI=1S/C16H15BrN2O3/c1-21-14-7-5-12(6-8-14)10-18-19-16(20)11-22-15-4-2-3-13(17)9-15/h2-10H,11H2,1H3,(H,19,20)/b18-10-. The summed E-state index contributed by atoms with van der Waals surface area (Å²) in [4.78, 5) is 11.6. The van der Waals surface area contributed by atoms with E-state index in [1.807, 2.05) is 36.4 Å². The average Bonchev–Trinajstić information content (AvgIpc) is 2.54. The smallest absolute Gasteiger partial charge is 0.277 e. The third-order valence-corrected chi connectivity index (χ3v) is 3.18. The summed E-state index contributed by atoms with van der Waals surface area (Å²) in [7, 11) is 1.61. The van der Waals surface area contributed by atoms with Crippen LogP contribution in [0.25, 0.3) is 0 Å². The van der Waals surface area contributed by atoms with E-state index in [9.17, 15) is 4.79 Å². The highest BCUT2D eigenvalue weighted by Crippen LogP contribution is 2.17. The van der Waals surface area contributed by atoms with Crippen LogP contribution in [-0.2, 0) is 4.79 Å². The van der Waals surface area contributed by atoms with Gasteiger partial charge in [-0.1, -0.05) is 22.0 Å². The number of halogens is 1. The normalized spacial score (nSPS) is 10.5. The fourth-order valence-electron chi connectivity index (χ4n) is 1.61. The van der Waals surface area contributed by atoms with Crippen molar-refractivity contribution in [3.05, 3.63) is 58.6 Å². The van der Waals surface area contributed by atoms with Gasteiger partial charge in [-0.05, 0) is 48.0 Å². The monoisotopic (exact) mass is 362 g/mol. The summed E-state index contributed by atoms with van der Waals surface area (Å²) >= 11 is 3.33. The molecule has 2 rings (SSSR count). The molecular weight excluding hydrogens is 348 g/mol. The molecule has 22 heavy (non-hydrogen) atoms. The van der Waals surface area contributed by atoms with Gasteiger partial charge < -0.3 is 9.47 Å². The van der Waals surface area contributed by atoms with Crippen LogP contribution in [0, 0.1) is 0 Å². The van der Waals surface area contributed by atoms with Gasteiger partial charge in [0.25, 0.3) is 5.91 Å². The summed E-state index contributed by atoms with van der Waals surface area (Å²) in [5.74, 6) is 1.05. The Hall–Kier alpha value is -2.34. The third kappa shape index (κ3) is 5.21. The molecule has 114 valence electrons. The second-order valence-corrected chi connectivity index (χ2v) is 5.23. The fraction of sp³-hybridized carbons (Fsp3) is 0.125. The van der Waals surface area contributed by atoms with Gasteiger partial charge in [0.1, 0.15) is 11.5 Å². The second kappa shape index (κ2) is 8.19. The minimum atomic E-state index is -0.329. The molecule has 1 N–H and O–H groups in total. The first-order valence-corrected chi connectivity index (χ1v) is 7.31. The number of nitrogens with zero attached hydrogens (tertiary/aromatic N) is 1. The average molecular weight is 363 g/mol. The van der Waals surface area contributed by atoms with E-state index in [4.69, 9.17) is 9.47 Å². The van der Waals surface area contributed by atoms with Crippen LogP contribution in [0.2, 0.25) is 0 Å². The highest BCUT2D eigenvalue weighted by Gasteiger charge is 2.01. The van der Waals surface area contributed by atoms with Gasteiger partial charge in [-0.15, -0.1) is 0 Å². The lowest BCUT2D eigenvalue weighted by Crippen LogP contribution is -2.24. The largest absolute Gasteiger partial charge is 0.497 e. The molecule has 2 aromatic carbocycles. The number of methoxy groups -OCH3 is 1. The Balaban J connectivity index is 1.78. The zero-order valence-electron chi connectivity index (χ0n) is 12.0. The van der Waals surface area contributed by atoms with Crippen LogP contribution in [0.15, 0.2) is 58.1 Å². The Morgan fingerprint density at radius 2 is 2.00 bits per heavy atom. The van der Waals surface area contributed by atoms with Crippen molar-refractivity contribution in [1.82, 2.24) is 5.43 Å². The Kier molecular flexibility index (Phi) is 5.97. The van der Waals surface area contributed by atoms with Crippen LogP contribution in [-0.4, -0.2) is 25.8 Å². The number of nitrogens with one attached hydrogen (secondary N) is 1. The molecule has 0 aliphatic rings. The lowest BCUT2D eigenvalue weighted by molar-refractivity contribution is -0.123. The van der Waals surface area contributed by atoms with Crippen LogP contribution >= 0.6 is 15.9 Å². The van der Waals surface area contributed by atoms with Crippen LogP contribution < -0.4 is 14.9 Å². The summed E-state index contributed by atoms with van der Waals surface area (Å²) < 4.78 is 11.3. The van der Waals surface area contributed by atoms with Crippen molar-refractivity contribution in [3.8, 4) is 11.5 Å². The Morgan fingerprint density at radius 1 is 1.23 bits per heavy atom. The molecule has 0 bridgehead atoms. The van der Waals surface area contributed by atoms with Crippen molar-refractivity contribution in [1.29, 1.82) is 0 Å². The van der Waals surface area contributed by atoms with E-state index >= 15 is 0 Å². The van der Waals surface area contributed by atoms with Crippen LogP contribution in [0.5, 0.6) is 11.5 Å². The molecule has 0 aliphatic heterocycles. The first-order chi connectivity index (χ1) is 10.7. The molecule has 0 saturated carbocycles. The number of amides is 1. The predicted octanol–water partition coefficient (Wildman–Crippen LogP) is 2.99. The Labute approximate surface area is 137 Å². The highest BCUT2D eigenvalue weighted by atomic mass is 79.9. The zero-order chi connectivity index (χ0) is 15.8. The van der Waals surface area contributed by atoms with E-state index in [0.29, 0.717) is 5.75 Å². The maximum Gasteiger partial charge on any atom is 0.277 e. The molecule has 0 atom stereocenters. The molecule has 0 radical (unpaired) electrons. The molecule has 0 aliphatic carbocycles. The van der Waals surface area contributed by atoms with Crippen molar-refractivity contribution < 1.29 is 14.3 Å². The van der Waals surface area contributed by atoms with E-state index in [0.717, 1.165) is 15.8 Å². The summed E-state index contributed by atoms with van der Waals surface area (Å²) in [5, 5.41) is 3.87. The van der Waals surface area contributed by atoms with E-state index in [-0.39, 0.29) is 12.5 Å². The van der Waals surface area contributed by atoms with Gasteiger partial charge in [0.05, 0.1) is 13.3 Å². The quantitative estimate of drug-likeness (QED) is 0.634. The minimum Gasteiger partial charge on any atom is -0.497 e. The van der Waals surface area contributed by atoms with Crippen molar-refractivity contribution in [2.24, 2.45) is 5.10 Å². The van der Waals surface area contributed by atoms with E-state index in [1.54, 1.807) is 25.5 Å². The predicted molar refractivity (Wildman–Crippen MR) is 88.4 cm³/mol. The molecule has 1 amide bonds. The van der Waals surface area contributed by atoms with E-state index < -0.39 is 0 Å². The lowest BCUT2D eigenvalue weighted by Gasteiger charge is -2.05. The number of ether oxygens (including phenoxy) is 2. The summed E-state index contributed by atoms with van der Waals surface area (Å²) in [6, 6.07) is 14.6. The molecule has 0 spiro atoms. The molecule has 5 nitrogen and oxygen atoms in total. The van der Waals surface area contributed by atoms with Gasteiger partial charge in [-0.25, -0.2) is 5.43 Å². The Bertz CT molecular complexity index is 657. The summed E-state index contributed by atoms with van der Waals surface area (Å²) in [6.07, 6.45) is 1.55. The summed E-state index contributed by atoms with van der Waals surface area (Å²) in [5.41, 5.74) is 3.26. The molecule has 2 aromatic rings. The van der Waals surface area contributed by atoms with Crippen molar-refractivity contribution in [2.75, 3.05) is 13.7 Å². The minimum absolute atomic E-state index is 0.101. The Morgan fingerprint density at radius 3 is 2.68 bits per heavy atom. The fourth-order valence-corrected chi connectivity index (χ4v) is 1.98. The van der Waals surface area contributed by atoms with Crippen molar-refractivity contribution in [3.63, 3.8) is 0 Å². The summed E-state index contributed by atoms with van der Waals surface area (Å²) in [6.45, 7) is -0.101. The van der Waals surface area contributed by atoms with Gasteiger partial charge in [0, 0.05) is 4.47 Å². The number of carbonyl (C=O) groups excluding carboxylic acids is 1. The molecule has 0 saturated heterocycles. The molecule has 0 heterocycles. The first-order valence-electron chi connectivity index (χ1n) is 6.52. The maximum atomic E-state index is 11.6. The molecule has 0 aromatic heterocycles. The van der Waals surface area contributed by atoms with Crippen LogP contribution in [0.3, 0.4) is 0 Å². The van der Waals surface area contributed by atoms with E-state index in [2.05, 4.69) is 26.5 Å². The molecular formula is C16H15BrN2O3. The van der Waals surface area contributed by atoms with Gasteiger partial charge in [0.15, 0.2) is 6.61 Å². The van der Waals surface area contributed by atoms with Gasteiger partial charge in [0.2, 0.25) is 0 Å². The number of rotatable bonds is 6. The van der Waals surface area contributed by atoms with Gasteiger partial charge in [-0.2, -0.15) is 5.10 Å². The molecule has 0 fully saturated rings. The first kappa shape index (κ1) is 16.0. The maximum absolute atomic E-state index is 11.6. The SMILES string of the molecule is COc1ccc(/C=N\NC(=O)COc2cccc(Br)c2)cc1. The lowest BCUT2D eigenvalue weighted by atomic mass is 10.2.